The SMILES string of the molecule is COCO[C@H]1CC[C@@H](C(=O)O)C[C@@H]1NC(=O)OC(C)(C)C. The number of hydrogen-bond acceptors (Lipinski definition) is 5. The zero-order valence-electron chi connectivity index (χ0n) is 13.0. The maximum absolute atomic E-state index is 11.9. The van der Waals surface area contributed by atoms with Gasteiger partial charge in [-0.25, -0.2) is 4.79 Å². The number of carbonyl (C=O) groups is 2. The number of carboxylic acids is 1. The van der Waals surface area contributed by atoms with Crippen LogP contribution >= 0.6 is 0 Å². The second-order valence-electron chi connectivity index (χ2n) is 6.21. The molecule has 0 unspecified atom stereocenters. The Hall–Kier alpha value is -1.34. The molecule has 1 saturated carbocycles. The zero-order chi connectivity index (χ0) is 16.0. The van der Waals surface area contributed by atoms with E-state index < -0.39 is 29.6 Å². The smallest absolute Gasteiger partial charge is 0.407 e. The molecule has 0 aromatic heterocycles. The third-order valence-corrected chi connectivity index (χ3v) is 3.24. The van der Waals surface area contributed by atoms with Gasteiger partial charge < -0.3 is 24.6 Å². The summed E-state index contributed by atoms with van der Waals surface area (Å²) in [7, 11) is 1.51. The van der Waals surface area contributed by atoms with Crippen molar-refractivity contribution in [2.24, 2.45) is 5.92 Å². The highest BCUT2D eigenvalue weighted by molar-refractivity contribution is 5.71. The number of alkyl carbamates (subject to hydrolysis) is 1. The second kappa shape index (κ2) is 7.61. The van der Waals surface area contributed by atoms with E-state index in [9.17, 15) is 9.59 Å². The van der Waals surface area contributed by atoms with Gasteiger partial charge in [0.1, 0.15) is 12.4 Å². The average Bonchev–Trinajstić information content (AvgIpc) is 2.34. The minimum atomic E-state index is -0.851. The fraction of sp³-hybridized carbons (Fsp3) is 0.857. The zero-order valence-corrected chi connectivity index (χ0v) is 13.0. The minimum Gasteiger partial charge on any atom is -0.481 e. The van der Waals surface area contributed by atoms with Gasteiger partial charge in [-0.15, -0.1) is 0 Å². The number of nitrogens with one attached hydrogen (secondary N) is 1. The van der Waals surface area contributed by atoms with Gasteiger partial charge in [-0.1, -0.05) is 0 Å². The van der Waals surface area contributed by atoms with E-state index in [-0.39, 0.29) is 12.9 Å². The molecule has 0 spiro atoms. The molecule has 0 aliphatic heterocycles. The largest absolute Gasteiger partial charge is 0.481 e. The van der Waals surface area contributed by atoms with E-state index in [1.807, 2.05) is 0 Å². The van der Waals surface area contributed by atoms with Crippen molar-refractivity contribution >= 4 is 12.1 Å². The first kappa shape index (κ1) is 17.7. The van der Waals surface area contributed by atoms with Crippen LogP contribution in [0.4, 0.5) is 4.79 Å². The summed E-state index contributed by atoms with van der Waals surface area (Å²) in [5.41, 5.74) is -0.603. The maximum atomic E-state index is 11.9. The van der Waals surface area contributed by atoms with Gasteiger partial charge in [0.25, 0.3) is 0 Å². The number of ether oxygens (including phenoxy) is 3. The molecule has 0 saturated heterocycles. The molecule has 0 aromatic rings. The number of carboxylic acid groups (broad SMARTS) is 1. The molecular formula is C14H25NO6. The molecule has 2 N–H and O–H groups in total. The van der Waals surface area contributed by atoms with E-state index >= 15 is 0 Å². The van der Waals surface area contributed by atoms with Crippen molar-refractivity contribution in [3.8, 4) is 0 Å². The molecule has 1 aliphatic carbocycles. The van der Waals surface area contributed by atoms with Crippen LogP contribution in [0.15, 0.2) is 0 Å². The molecule has 1 aliphatic rings. The Balaban J connectivity index is 2.64. The van der Waals surface area contributed by atoms with Gasteiger partial charge in [-0.3, -0.25) is 4.79 Å². The van der Waals surface area contributed by atoms with Crippen molar-refractivity contribution in [3.05, 3.63) is 0 Å². The molecule has 1 rings (SSSR count). The van der Waals surface area contributed by atoms with E-state index in [0.29, 0.717) is 19.3 Å². The first-order chi connectivity index (χ1) is 9.73. The first-order valence-electron chi connectivity index (χ1n) is 7.06. The van der Waals surface area contributed by atoms with Gasteiger partial charge in [0.15, 0.2) is 0 Å². The van der Waals surface area contributed by atoms with E-state index in [1.165, 1.54) is 7.11 Å². The average molecular weight is 303 g/mol. The Morgan fingerprint density at radius 3 is 2.48 bits per heavy atom. The molecular weight excluding hydrogens is 278 g/mol. The molecule has 0 bridgehead atoms. The number of carbonyl (C=O) groups excluding carboxylic acids is 1. The van der Waals surface area contributed by atoms with Crippen molar-refractivity contribution in [1.82, 2.24) is 5.32 Å². The molecule has 1 fully saturated rings. The van der Waals surface area contributed by atoms with Crippen molar-refractivity contribution in [2.45, 2.75) is 57.8 Å². The summed E-state index contributed by atoms with van der Waals surface area (Å²) in [5.74, 6) is -1.33. The Bertz CT molecular complexity index is 365. The Labute approximate surface area is 124 Å². The van der Waals surface area contributed by atoms with Crippen molar-refractivity contribution in [3.63, 3.8) is 0 Å². The van der Waals surface area contributed by atoms with Crippen LogP contribution in [0.3, 0.4) is 0 Å². The summed E-state index contributed by atoms with van der Waals surface area (Å²) < 4.78 is 15.6. The predicted octanol–water partition coefficient (Wildman–Crippen LogP) is 1.75. The molecule has 0 heterocycles. The third kappa shape index (κ3) is 6.31. The summed E-state index contributed by atoms with van der Waals surface area (Å²) in [6.07, 6.45) is 0.567. The first-order valence-corrected chi connectivity index (χ1v) is 7.06. The topological polar surface area (TPSA) is 94.1 Å². The maximum Gasteiger partial charge on any atom is 0.407 e. The van der Waals surface area contributed by atoms with Crippen LogP contribution in [0.2, 0.25) is 0 Å². The highest BCUT2D eigenvalue weighted by Crippen LogP contribution is 2.27. The Kier molecular flexibility index (Phi) is 6.42. The fourth-order valence-electron chi connectivity index (χ4n) is 2.33. The number of rotatable bonds is 5. The van der Waals surface area contributed by atoms with Gasteiger partial charge in [0, 0.05) is 7.11 Å². The van der Waals surface area contributed by atoms with Crippen LogP contribution in [0.1, 0.15) is 40.0 Å². The summed E-state index contributed by atoms with van der Waals surface area (Å²) in [6.45, 7) is 5.42. The number of aliphatic carboxylic acids is 1. The highest BCUT2D eigenvalue weighted by atomic mass is 16.7. The molecule has 122 valence electrons. The number of hydrogen-bond donors (Lipinski definition) is 2. The molecule has 21 heavy (non-hydrogen) atoms. The highest BCUT2D eigenvalue weighted by Gasteiger charge is 2.36. The van der Waals surface area contributed by atoms with E-state index in [2.05, 4.69) is 5.32 Å². The summed E-state index contributed by atoms with van der Waals surface area (Å²) >= 11 is 0. The Morgan fingerprint density at radius 1 is 1.29 bits per heavy atom. The van der Waals surface area contributed by atoms with Gasteiger partial charge in [0.05, 0.1) is 18.1 Å². The lowest BCUT2D eigenvalue weighted by Crippen LogP contribution is -2.50. The fourth-order valence-corrected chi connectivity index (χ4v) is 2.33. The van der Waals surface area contributed by atoms with E-state index in [4.69, 9.17) is 19.3 Å². The van der Waals surface area contributed by atoms with Crippen LogP contribution in [0.25, 0.3) is 0 Å². The summed E-state index contributed by atoms with van der Waals surface area (Å²) in [5, 5.41) is 11.8. The van der Waals surface area contributed by atoms with Crippen molar-refractivity contribution in [2.75, 3.05) is 13.9 Å². The molecule has 0 radical (unpaired) electrons. The van der Waals surface area contributed by atoms with E-state index in [1.54, 1.807) is 20.8 Å². The molecule has 7 heteroatoms. The lowest BCUT2D eigenvalue weighted by Gasteiger charge is -2.35. The van der Waals surface area contributed by atoms with Crippen LogP contribution < -0.4 is 5.32 Å². The summed E-state index contributed by atoms with van der Waals surface area (Å²) in [4.78, 5) is 23.0. The van der Waals surface area contributed by atoms with Crippen molar-refractivity contribution in [1.29, 1.82) is 0 Å². The molecule has 0 aromatic carbocycles. The Morgan fingerprint density at radius 2 is 1.95 bits per heavy atom. The van der Waals surface area contributed by atoms with Crippen molar-refractivity contribution < 1.29 is 28.9 Å². The quantitative estimate of drug-likeness (QED) is 0.752. The molecule has 1 amide bonds. The standard InChI is InChI=1S/C14H25NO6/c1-14(2,3)21-13(18)15-10-7-9(12(16)17)5-6-11(10)20-8-19-4/h9-11H,5-8H2,1-4H3,(H,15,18)(H,16,17)/t9-,10+,11+/m1/s1. The van der Waals surface area contributed by atoms with Gasteiger partial charge in [-0.05, 0) is 40.0 Å². The number of methoxy groups -OCH3 is 1. The monoisotopic (exact) mass is 303 g/mol. The lowest BCUT2D eigenvalue weighted by molar-refractivity contribution is -0.146. The van der Waals surface area contributed by atoms with Crippen LogP contribution in [-0.2, 0) is 19.0 Å². The van der Waals surface area contributed by atoms with E-state index in [0.717, 1.165) is 0 Å². The summed E-state index contributed by atoms with van der Waals surface area (Å²) in [6, 6.07) is -0.398. The number of amides is 1. The van der Waals surface area contributed by atoms with Crippen LogP contribution in [0, 0.1) is 5.92 Å². The predicted molar refractivity (Wildman–Crippen MR) is 74.9 cm³/mol. The second-order valence-corrected chi connectivity index (χ2v) is 6.21. The normalized spacial score (nSPS) is 26.2. The van der Waals surface area contributed by atoms with Crippen LogP contribution in [-0.4, -0.2) is 48.8 Å². The third-order valence-electron chi connectivity index (χ3n) is 3.24. The lowest BCUT2D eigenvalue weighted by atomic mass is 9.84. The van der Waals surface area contributed by atoms with Gasteiger partial charge >= 0.3 is 12.1 Å². The van der Waals surface area contributed by atoms with Crippen LogP contribution in [0.5, 0.6) is 0 Å². The minimum absolute atomic E-state index is 0.106. The molecule has 3 atom stereocenters. The van der Waals surface area contributed by atoms with Gasteiger partial charge in [0.2, 0.25) is 0 Å². The molecule has 7 nitrogen and oxygen atoms in total. The van der Waals surface area contributed by atoms with Gasteiger partial charge in [-0.2, -0.15) is 0 Å².